The van der Waals surface area contributed by atoms with Crippen LogP contribution in [0.5, 0.6) is 0 Å². The highest BCUT2D eigenvalue weighted by Gasteiger charge is 2.36. The Morgan fingerprint density at radius 1 is 1.08 bits per heavy atom. The predicted molar refractivity (Wildman–Crippen MR) is 153 cm³/mol. The Bertz CT molecular complexity index is 1550. The molecule has 1 aromatic heterocycles. The zero-order valence-corrected chi connectivity index (χ0v) is 22.1. The van der Waals surface area contributed by atoms with Crippen LogP contribution in [0.25, 0.3) is 17.0 Å². The number of aromatic nitrogens is 1. The van der Waals surface area contributed by atoms with Gasteiger partial charge in [-0.3, -0.25) is 15.0 Å². The summed E-state index contributed by atoms with van der Waals surface area (Å²) >= 11 is 7.23. The number of para-hydroxylation sites is 1. The lowest BCUT2D eigenvalue weighted by atomic mass is 10.1. The zero-order valence-electron chi connectivity index (χ0n) is 20.6. The molecule has 2 aromatic carbocycles. The maximum atomic E-state index is 13.0. The summed E-state index contributed by atoms with van der Waals surface area (Å²) in [6.45, 7) is 2.18. The van der Waals surface area contributed by atoms with Crippen molar-refractivity contribution >= 4 is 68.2 Å². The molecule has 0 atom stereocenters. The number of hydrazone groups is 1. The number of thioether (sulfide) groups is 1. The van der Waals surface area contributed by atoms with Gasteiger partial charge in [0.25, 0.3) is 5.91 Å². The van der Waals surface area contributed by atoms with E-state index >= 15 is 0 Å². The standard InChI is InChI=1S/C28H25ClN6O2S/c29-20-10-8-18(9-11-20)16-34-17-19(21-6-2-3-7-23(21)34)14-22-26(30)35-28(31-27(22)37)38-24(32-35)15-25(36)33-12-4-1-5-13-33/h2-3,6-11,14,17,30H,1,4-5,12-13,15-16H2/b22-14+,30-26?. The molecule has 0 saturated carbocycles. The van der Waals surface area contributed by atoms with E-state index in [2.05, 4.69) is 14.7 Å². The van der Waals surface area contributed by atoms with Crippen molar-refractivity contribution in [3.63, 3.8) is 0 Å². The average molecular weight is 545 g/mol. The number of carbonyl (C=O) groups is 2. The maximum absolute atomic E-state index is 13.0. The minimum Gasteiger partial charge on any atom is -0.342 e. The normalized spacial score (nSPS) is 18.7. The predicted octanol–water partition coefficient (Wildman–Crippen LogP) is 5.36. The molecule has 2 amide bonds. The Labute approximate surface area is 229 Å². The molecule has 3 aromatic rings. The first-order chi connectivity index (χ1) is 18.5. The van der Waals surface area contributed by atoms with Gasteiger partial charge in [0, 0.05) is 47.3 Å². The molecule has 1 fully saturated rings. The number of aliphatic imine (C=N–C) groups is 1. The number of amides is 2. The molecule has 0 spiro atoms. The lowest BCUT2D eigenvalue weighted by Crippen LogP contribution is -2.36. The molecular formula is C28H25ClN6O2S. The van der Waals surface area contributed by atoms with Gasteiger partial charge < -0.3 is 9.47 Å². The highest BCUT2D eigenvalue weighted by molar-refractivity contribution is 8.27. The van der Waals surface area contributed by atoms with Gasteiger partial charge in [-0.1, -0.05) is 41.9 Å². The van der Waals surface area contributed by atoms with Crippen molar-refractivity contribution in [3.8, 4) is 0 Å². The number of fused-ring (bicyclic) bond motifs is 2. The highest BCUT2D eigenvalue weighted by Crippen LogP contribution is 2.31. The van der Waals surface area contributed by atoms with E-state index in [4.69, 9.17) is 17.0 Å². The van der Waals surface area contributed by atoms with Gasteiger partial charge in [0.05, 0.1) is 12.0 Å². The number of benzene rings is 2. The van der Waals surface area contributed by atoms with E-state index in [0.29, 0.717) is 21.8 Å². The van der Waals surface area contributed by atoms with Crippen molar-refractivity contribution in [3.05, 3.63) is 76.5 Å². The van der Waals surface area contributed by atoms with Gasteiger partial charge in [0.15, 0.2) is 5.84 Å². The van der Waals surface area contributed by atoms with Gasteiger partial charge >= 0.3 is 0 Å². The summed E-state index contributed by atoms with van der Waals surface area (Å²) in [6, 6.07) is 15.7. The average Bonchev–Trinajstić information content (AvgIpc) is 3.49. The van der Waals surface area contributed by atoms with Crippen molar-refractivity contribution in [2.75, 3.05) is 13.1 Å². The third-order valence-corrected chi connectivity index (χ3v) is 8.05. The van der Waals surface area contributed by atoms with Crippen LogP contribution in [0.2, 0.25) is 5.02 Å². The van der Waals surface area contributed by atoms with E-state index in [1.165, 1.54) is 16.8 Å². The van der Waals surface area contributed by atoms with Gasteiger partial charge in [-0.05, 0) is 60.9 Å². The summed E-state index contributed by atoms with van der Waals surface area (Å²) in [4.78, 5) is 31.8. The van der Waals surface area contributed by atoms with E-state index in [-0.39, 0.29) is 23.7 Å². The molecule has 0 aliphatic carbocycles. The van der Waals surface area contributed by atoms with E-state index in [1.54, 1.807) is 6.08 Å². The molecule has 8 nitrogen and oxygen atoms in total. The molecular weight excluding hydrogens is 520 g/mol. The van der Waals surface area contributed by atoms with Gasteiger partial charge in [-0.2, -0.15) is 15.1 Å². The summed E-state index contributed by atoms with van der Waals surface area (Å²) < 4.78 is 2.12. The number of nitrogens with zero attached hydrogens (tertiary/aromatic N) is 5. The number of amidine groups is 2. The molecule has 0 unspecified atom stereocenters. The van der Waals surface area contributed by atoms with E-state index in [9.17, 15) is 9.59 Å². The zero-order chi connectivity index (χ0) is 26.2. The van der Waals surface area contributed by atoms with Crippen molar-refractivity contribution in [2.45, 2.75) is 32.2 Å². The monoisotopic (exact) mass is 544 g/mol. The van der Waals surface area contributed by atoms with E-state index in [0.717, 1.165) is 54.4 Å². The first-order valence-corrected chi connectivity index (χ1v) is 13.7. The van der Waals surface area contributed by atoms with Gasteiger partial charge in [-0.25, -0.2) is 0 Å². The number of hydrogen-bond donors (Lipinski definition) is 1. The Morgan fingerprint density at radius 3 is 2.63 bits per heavy atom. The van der Waals surface area contributed by atoms with Gasteiger partial charge in [-0.15, -0.1) is 0 Å². The fourth-order valence-electron chi connectivity index (χ4n) is 4.95. The second-order valence-electron chi connectivity index (χ2n) is 9.49. The Balaban J connectivity index is 1.27. The number of rotatable bonds is 5. The third-order valence-electron chi connectivity index (χ3n) is 6.89. The van der Waals surface area contributed by atoms with Crippen LogP contribution >= 0.6 is 23.4 Å². The van der Waals surface area contributed by atoms with Gasteiger partial charge in [0.2, 0.25) is 11.1 Å². The van der Waals surface area contributed by atoms with Crippen LogP contribution in [0.4, 0.5) is 0 Å². The smallest absolute Gasteiger partial charge is 0.283 e. The number of halogens is 1. The third kappa shape index (κ3) is 4.79. The van der Waals surface area contributed by atoms with E-state index in [1.807, 2.05) is 59.6 Å². The highest BCUT2D eigenvalue weighted by atomic mass is 35.5. The Hall–Kier alpha value is -3.69. The molecule has 0 radical (unpaired) electrons. The summed E-state index contributed by atoms with van der Waals surface area (Å²) in [5.74, 6) is -0.497. The molecule has 10 heteroatoms. The number of carbonyl (C=O) groups excluding carboxylic acids is 2. The number of likely N-dealkylation sites (tertiary alicyclic amines) is 1. The summed E-state index contributed by atoms with van der Waals surface area (Å²) in [6.07, 6.45) is 7.04. The largest absolute Gasteiger partial charge is 0.342 e. The Kier molecular flexibility index (Phi) is 6.63. The Morgan fingerprint density at radius 2 is 1.84 bits per heavy atom. The van der Waals surface area contributed by atoms with Crippen molar-refractivity contribution in [2.24, 2.45) is 10.1 Å². The minimum absolute atomic E-state index is 0.0264. The summed E-state index contributed by atoms with van der Waals surface area (Å²) in [7, 11) is 0. The second-order valence-corrected chi connectivity index (χ2v) is 11.0. The SMILES string of the molecule is N=C1/C(=C\c2cn(Cc3ccc(Cl)cc3)c3ccccc23)C(=O)N=C2SC(CC(=O)N3CCCCC3)=NN12. The van der Waals surface area contributed by atoms with Crippen molar-refractivity contribution < 1.29 is 9.59 Å². The molecule has 3 aliphatic heterocycles. The fourth-order valence-corrected chi connectivity index (χ4v) is 5.95. The summed E-state index contributed by atoms with van der Waals surface area (Å²) in [5.41, 5.74) is 3.09. The first-order valence-electron chi connectivity index (χ1n) is 12.6. The van der Waals surface area contributed by atoms with Crippen LogP contribution in [0, 0.1) is 5.41 Å². The molecule has 4 heterocycles. The molecule has 3 aliphatic rings. The van der Waals surface area contributed by atoms with Crippen LogP contribution in [-0.4, -0.2) is 55.4 Å². The fraction of sp³-hybridized carbons (Fsp3) is 0.250. The molecule has 1 N–H and O–H groups in total. The van der Waals surface area contributed by atoms with E-state index < -0.39 is 5.91 Å². The number of hydrogen-bond acceptors (Lipinski definition) is 5. The molecule has 6 rings (SSSR count). The van der Waals surface area contributed by atoms with Crippen LogP contribution in [-0.2, 0) is 16.1 Å². The van der Waals surface area contributed by atoms with Crippen LogP contribution < -0.4 is 0 Å². The first kappa shape index (κ1) is 24.6. The van der Waals surface area contributed by atoms with Gasteiger partial charge in [0.1, 0.15) is 5.04 Å². The number of nitrogens with one attached hydrogen (secondary N) is 1. The topological polar surface area (TPSA) is 94.1 Å². The summed E-state index contributed by atoms with van der Waals surface area (Å²) in [5, 5.41) is 17.1. The molecule has 192 valence electrons. The molecule has 1 saturated heterocycles. The van der Waals surface area contributed by atoms with Crippen LogP contribution in [0.1, 0.15) is 36.8 Å². The minimum atomic E-state index is -0.484. The van der Waals surface area contributed by atoms with Crippen LogP contribution in [0.3, 0.4) is 0 Å². The molecule has 38 heavy (non-hydrogen) atoms. The molecule has 0 bridgehead atoms. The van der Waals surface area contributed by atoms with Crippen molar-refractivity contribution in [1.29, 1.82) is 5.41 Å². The van der Waals surface area contributed by atoms with Crippen molar-refractivity contribution in [1.82, 2.24) is 14.5 Å². The number of piperidine rings is 1. The quantitative estimate of drug-likeness (QED) is 0.437. The second kappa shape index (κ2) is 10.2. The maximum Gasteiger partial charge on any atom is 0.283 e. The lowest BCUT2D eigenvalue weighted by Gasteiger charge is -2.26. The lowest BCUT2D eigenvalue weighted by molar-refractivity contribution is -0.130. The van der Waals surface area contributed by atoms with Crippen LogP contribution in [0.15, 0.2) is 70.4 Å².